The predicted octanol–water partition coefficient (Wildman–Crippen LogP) is 11.3. The number of aryl methyl sites for hydroxylation is 1. The molecule has 3 fully saturated rings. The standard InChI is InChI=1S/C89H94N4O11/c1-48-45-90-46-63(95)38-57-18-17-51-19-23-61(42-77(51)85(57)99)93-88-71-26-21-54-34-52-10-7-15-70-79(48)47-92-80(70)44-82(97)66(24-16-50-32-72(52)73(54)33-50)60-37-58-36-55-20-25-68(75-43-83(98)84(104-2)41-56(75)22-27-81(96)87(101)86(100)76(55)39-60)67-13-4-3-12-64(67)59-35-53(9-6-14-65(58)69(71)28-29-91-88)74(78(40-59)89(102)103)31-49-8-5-11-62(94)30-49/h3-5,8,11-13,17-19,23,28,30,34,41-43,47-48,50,53-55,58-60,63,65-66,68,72-74,76,78,82,87,89-95,97-99,101-103H,10,14,16,22,24,27,29,31-33,35-40,44-46H2,1-2H3/t48-,50+,53+,54+,55+,58-,59-,60+,63-,65-,66+,68-,72-,73+,74+,76-,78+,82+,87+/m1/s1. The lowest BCUT2D eigenvalue weighted by atomic mass is 9.63. The van der Waals surface area contributed by atoms with Gasteiger partial charge in [0.2, 0.25) is 0 Å². The SMILES string of the molecule is COc1cc2c(cc1O)[C@@H]1C#C[C@H]3C[C@@H]4C[C@@H](C[C@H]3C(=O)[C@@H](O)C(=O)CC2)[C@@H]2CC[C@@H]3C[C@@H]5[C@H](C3)C3=C[C@@H]5C#CC5=C(NCC=C5[C@@H]4CC#C[C@H]4C[C@H](C[C@H](C(O)O)[C@H]4Cc4cccc(O)c4)c4ccccc41)Nc1ccc4ccc(c(O)c4c1)C[C@@H](O)CNC[C@@H](C)c1c[nH]c(c1C#CC3)C[C@@H]2O. The number of phenols is 3. The van der Waals surface area contributed by atoms with Crippen molar-refractivity contribution in [3.8, 4) is 70.4 Å². The van der Waals surface area contributed by atoms with Gasteiger partial charge < -0.3 is 66.5 Å². The third kappa shape index (κ3) is 13.6. The first-order chi connectivity index (χ1) is 50.5. The summed E-state index contributed by atoms with van der Waals surface area (Å²) in [5, 5.41) is 109. The van der Waals surface area contributed by atoms with Gasteiger partial charge in [0.25, 0.3) is 0 Å². The Bertz CT molecular complexity index is 4740. The Morgan fingerprint density at radius 2 is 1.57 bits per heavy atom. The van der Waals surface area contributed by atoms with Crippen molar-refractivity contribution < 1.29 is 55.2 Å². The molecule has 0 spiro atoms. The quantitative estimate of drug-likeness (QED) is 0.0339. The van der Waals surface area contributed by atoms with Crippen LogP contribution >= 0.6 is 0 Å². The average molecular weight is 1400 g/mol. The number of aliphatic hydroxyl groups excluding tert-OH is 4. The van der Waals surface area contributed by atoms with E-state index in [2.05, 4.69) is 99.5 Å². The van der Waals surface area contributed by atoms with Gasteiger partial charge in [0.1, 0.15) is 17.3 Å². The van der Waals surface area contributed by atoms with Crippen LogP contribution in [0.3, 0.4) is 0 Å². The highest BCUT2D eigenvalue weighted by Crippen LogP contribution is 2.55. The average Bonchev–Trinajstić information content (AvgIpc) is 0.935. The van der Waals surface area contributed by atoms with E-state index in [1.807, 2.05) is 60.8 Å². The number of phenolic OH excluding ortho intramolecular Hbond substituents is 3. The lowest BCUT2D eigenvalue weighted by Gasteiger charge is -2.42. The number of carbonyl (C=O) groups is 2. The Morgan fingerprint density at radius 1 is 0.712 bits per heavy atom. The minimum atomic E-state index is -1.97. The van der Waals surface area contributed by atoms with Crippen molar-refractivity contribution >= 4 is 28.0 Å². The van der Waals surface area contributed by atoms with Crippen molar-refractivity contribution in [3.63, 3.8) is 0 Å². The minimum Gasteiger partial charge on any atom is -0.508 e. The van der Waals surface area contributed by atoms with Crippen molar-refractivity contribution in [1.29, 1.82) is 0 Å². The lowest BCUT2D eigenvalue weighted by Crippen LogP contribution is -2.40. The molecule has 15 heteroatoms. The first-order valence-electron chi connectivity index (χ1n) is 38.0. The monoisotopic (exact) mass is 1390 g/mol. The maximum Gasteiger partial charge on any atom is 0.173 e. The van der Waals surface area contributed by atoms with Gasteiger partial charge in [0.05, 0.1) is 30.8 Å². The van der Waals surface area contributed by atoms with Gasteiger partial charge in [-0.3, -0.25) is 9.59 Å². The number of Topliss-reactive ketones (excluding diaryl/α,β-unsaturated/α-hetero) is 2. The molecule has 6 aromatic rings. The topological polar surface area (TPSA) is 257 Å². The second-order valence-corrected chi connectivity index (χ2v) is 31.9. The van der Waals surface area contributed by atoms with E-state index < -0.39 is 77.6 Å². The number of anilines is 1. The van der Waals surface area contributed by atoms with E-state index >= 15 is 4.79 Å². The summed E-state index contributed by atoms with van der Waals surface area (Å²) < 4.78 is 5.75. The van der Waals surface area contributed by atoms with Crippen LogP contribution in [0, 0.1) is 124 Å². The van der Waals surface area contributed by atoms with Crippen molar-refractivity contribution in [2.45, 2.75) is 152 Å². The Balaban J connectivity index is 0.964. The maximum absolute atomic E-state index is 16.1. The van der Waals surface area contributed by atoms with Crippen molar-refractivity contribution in [3.05, 3.63) is 182 Å². The Labute approximate surface area is 609 Å². The molecule has 5 aromatic carbocycles. The molecule has 10 aliphatic rings. The number of methoxy groups -OCH3 is 1. The molecule has 536 valence electrons. The third-order valence-electron chi connectivity index (χ3n) is 25.8. The highest BCUT2D eigenvalue weighted by molar-refractivity contribution is 6.06. The van der Waals surface area contributed by atoms with Crippen LogP contribution in [-0.2, 0) is 35.3 Å². The number of carbonyl (C=O) groups excluding carboxylic acids is 2. The fraction of sp³-hybridized carbons (Fsp3) is 0.461. The molecule has 12 N–H and O–H groups in total. The summed E-state index contributed by atoms with van der Waals surface area (Å²) >= 11 is 0. The molecule has 104 heavy (non-hydrogen) atoms. The van der Waals surface area contributed by atoms with E-state index in [1.54, 1.807) is 24.3 Å². The van der Waals surface area contributed by atoms with E-state index in [4.69, 9.17) is 4.74 Å². The number of nitrogens with one attached hydrogen (secondary N) is 4. The molecule has 0 saturated heterocycles. The molecular formula is C89H94N4O11. The maximum atomic E-state index is 16.1. The van der Waals surface area contributed by atoms with Crippen LogP contribution in [0.2, 0.25) is 0 Å². The smallest absolute Gasteiger partial charge is 0.173 e. The Morgan fingerprint density at radius 3 is 2.41 bits per heavy atom. The summed E-state index contributed by atoms with van der Waals surface area (Å²) in [4.78, 5) is 34.8. The molecule has 8 aliphatic carbocycles. The van der Waals surface area contributed by atoms with Crippen LogP contribution in [0.25, 0.3) is 10.8 Å². The number of ether oxygens (including phenoxy) is 1. The second kappa shape index (κ2) is 29.2. The molecule has 3 saturated carbocycles. The number of benzene rings is 5. The summed E-state index contributed by atoms with van der Waals surface area (Å²) in [7, 11) is 1.47. The highest BCUT2D eigenvalue weighted by Gasteiger charge is 2.49. The van der Waals surface area contributed by atoms with Crippen LogP contribution < -0.4 is 20.7 Å². The van der Waals surface area contributed by atoms with E-state index in [9.17, 15) is 45.6 Å². The van der Waals surface area contributed by atoms with Gasteiger partial charge in [-0.05, 0) is 210 Å². The molecule has 0 amide bonds. The summed E-state index contributed by atoms with van der Waals surface area (Å²) in [6.07, 6.45) is 8.17. The van der Waals surface area contributed by atoms with Crippen molar-refractivity contribution in [1.82, 2.24) is 15.6 Å². The van der Waals surface area contributed by atoms with Crippen molar-refractivity contribution in [2.24, 2.45) is 76.9 Å². The molecule has 3 heterocycles. The number of aromatic amines is 1. The van der Waals surface area contributed by atoms with E-state index in [-0.39, 0.29) is 109 Å². The van der Waals surface area contributed by atoms with Crippen LogP contribution in [0.4, 0.5) is 5.69 Å². The predicted molar refractivity (Wildman–Crippen MR) is 398 cm³/mol. The fourth-order valence-corrected chi connectivity index (χ4v) is 20.6. The Hall–Kier alpha value is -9.00. The molecule has 2 aliphatic heterocycles. The summed E-state index contributed by atoms with van der Waals surface area (Å²) in [5.74, 6) is 25.3. The van der Waals surface area contributed by atoms with Gasteiger partial charge in [-0.1, -0.05) is 127 Å². The number of fused-ring (bicyclic) bond motifs is 16. The molecule has 1 aromatic heterocycles. The number of aromatic hydroxyl groups is 3. The first kappa shape index (κ1) is 69.4. The molecule has 16 rings (SSSR count). The van der Waals surface area contributed by atoms with Crippen LogP contribution in [0.15, 0.2) is 132 Å². The third-order valence-corrected chi connectivity index (χ3v) is 25.8. The minimum absolute atomic E-state index is 0.0789. The number of hydrogen-bond acceptors (Lipinski definition) is 14. The molecule has 0 radical (unpaired) electrons. The molecular weight excluding hydrogens is 1300 g/mol. The van der Waals surface area contributed by atoms with Gasteiger partial charge >= 0.3 is 0 Å². The number of allylic oxidation sites excluding steroid dienone is 4. The Kier molecular flexibility index (Phi) is 19.4. The van der Waals surface area contributed by atoms with E-state index in [0.29, 0.717) is 104 Å². The number of rotatable bonds is 4. The lowest BCUT2D eigenvalue weighted by molar-refractivity contribution is -0.142. The van der Waals surface area contributed by atoms with Gasteiger partial charge in [0.15, 0.2) is 35.5 Å². The number of hydrogen-bond donors (Lipinski definition) is 12. The van der Waals surface area contributed by atoms with Gasteiger partial charge in [-0.2, -0.15) is 0 Å². The number of β-amino-alcohol motifs (C(OH)–C–C–N with tert-alkyl or cyclic N) is 1. The molecule has 19 atom stereocenters. The van der Waals surface area contributed by atoms with Gasteiger partial charge in [-0.25, -0.2) is 0 Å². The van der Waals surface area contributed by atoms with E-state index in [1.165, 1.54) is 12.7 Å². The zero-order valence-corrected chi connectivity index (χ0v) is 59.2. The molecule has 15 nitrogen and oxygen atoms in total. The zero-order chi connectivity index (χ0) is 71.6. The number of H-pyrrole nitrogens is 1. The number of dihydropyridines is 1. The zero-order valence-electron chi connectivity index (χ0n) is 59.2. The number of aromatic nitrogens is 1. The number of aliphatic hydroxyl groups is 5. The van der Waals surface area contributed by atoms with Gasteiger partial charge in [-0.15, -0.1) is 5.92 Å². The van der Waals surface area contributed by atoms with Gasteiger partial charge in [0, 0.05) is 110 Å². The van der Waals surface area contributed by atoms with E-state index in [0.717, 1.165) is 69.3 Å². The molecule has 17 bridgehead atoms. The summed E-state index contributed by atoms with van der Waals surface area (Å²) in [6, 6.07) is 28.5. The fourth-order valence-electron chi connectivity index (χ4n) is 20.6. The largest absolute Gasteiger partial charge is 0.508 e. The van der Waals surface area contributed by atoms with Crippen molar-refractivity contribution in [2.75, 3.05) is 32.1 Å². The number of ketones is 2. The first-order valence-corrected chi connectivity index (χ1v) is 38.0. The van der Waals surface area contributed by atoms with Crippen LogP contribution in [0.5, 0.6) is 23.0 Å². The summed E-state index contributed by atoms with van der Waals surface area (Å²) in [6.45, 7) is 3.32. The second-order valence-electron chi connectivity index (χ2n) is 31.9. The van der Waals surface area contributed by atoms with Crippen LogP contribution in [-0.4, -0.2) is 109 Å². The highest BCUT2D eigenvalue weighted by atomic mass is 16.5. The normalized spacial score (nSPS) is 32.2. The molecule has 0 unspecified atom stereocenters. The van der Waals surface area contributed by atoms with Crippen LogP contribution in [0.1, 0.15) is 152 Å². The summed E-state index contributed by atoms with van der Waals surface area (Å²) in [5.41, 5.74) is 10.8.